The summed E-state index contributed by atoms with van der Waals surface area (Å²) in [6, 6.07) is -1.26. The van der Waals surface area contributed by atoms with Crippen molar-refractivity contribution >= 4 is 12.0 Å². The van der Waals surface area contributed by atoms with Crippen molar-refractivity contribution in [2.75, 3.05) is 13.2 Å². The number of carbonyl (C=O) groups is 2. The van der Waals surface area contributed by atoms with Gasteiger partial charge in [-0.05, 0) is 26.2 Å². The first kappa shape index (κ1) is 13.8. The highest BCUT2D eigenvalue weighted by Crippen LogP contribution is 2.19. The molecular weight excluding hydrogens is 224 g/mol. The van der Waals surface area contributed by atoms with Crippen LogP contribution in [0.3, 0.4) is 0 Å². The fraction of sp³-hybridized carbons (Fsp3) is 0.818. The Morgan fingerprint density at radius 3 is 2.47 bits per heavy atom. The topological polar surface area (TPSA) is 87.7 Å². The maximum absolute atomic E-state index is 11.7. The Kier molecular flexibility index (Phi) is 4.74. The van der Waals surface area contributed by atoms with Crippen LogP contribution in [0.2, 0.25) is 0 Å². The second-order valence-corrected chi connectivity index (χ2v) is 4.57. The van der Waals surface area contributed by atoms with Crippen LogP contribution >= 0.6 is 0 Å². The van der Waals surface area contributed by atoms with E-state index < -0.39 is 18.0 Å². The molecule has 2 amide bonds. The number of aliphatic carboxylic acids is 1. The zero-order valence-corrected chi connectivity index (χ0v) is 10.3. The van der Waals surface area contributed by atoms with Gasteiger partial charge in [-0.3, -0.25) is 0 Å². The molecule has 0 unspecified atom stereocenters. The van der Waals surface area contributed by atoms with Crippen molar-refractivity contribution < 1.29 is 19.4 Å². The summed E-state index contributed by atoms with van der Waals surface area (Å²) in [4.78, 5) is 22.4. The molecule has 0 saturated carbocycles. The number of hydrogen-bond donors (Lipinski definition) is 3. The van der Waals surface area contributed by atoms with Gasteiger partial charge in [0.2, 0.25) is 0 Å². The summed E-state index contributed by atoms with van der Waals surface area (Å²) in [5.74, 6) is -1.01. The van der Waals surface area contributed by atoms with Crippen LogP contribution in [-0.4, -0.2) is 41.9 Å². The molecule has 1 aliphatic heterocycles. The van der Waals surface area contributed by atoms with E-state index >= 15 is 0 Å². The number of carbonyl (C=O) groups excluding carboxylic acids is 1. The summed E-state index contributed by atoms with van der Waals surface area (Å²) in [7, 11) is 0. The number of hydrogen-bond acceptors (Lipinski definition) is 3. The van der Waals surface area contributed by atoms with Crippen LogP contribution in [0.5, 0.6) is 0 Å². The largest absolute Gasteiger partial charge is 0.480 e. The van der Waals surface area contributed by atoms with Gasteiger partial charge in [0.1, 0.15) is 6.04 Å². The molecule has 1 atom stereocenters. The van der Waals surface area contributed by atoms with E-state index in [1.165, 1.54) is 0 Å². The SMILES string of the molecule is CC[C@@H](NC(=O)NC1(C)CCOCC1)C(=O)O. The van der Waals surface area contributed by atoms with Crippen LogP contribution in [0.1, 0.15) is 33.1 Å². The zero-order chi connectivity index (χ0) is 12.9. The van der Waals surface area contributed by atoms with E-state index in [9.17, 15) is 9.59 Å². The first-order valence-electron chi connectivity index (χ1n) is 5.86. The molecule has 1 rings (SSSR count). The van der Waals surface area contributed by atoms with Crippen LogP contribution in [0.25, 0.3) is 0 Å². The third-order valence-electron chi connectivity index (χ3n) is 3.02. The van der Waals surface area contributed by atoms with Gasteiger partial charge in [0, 0.05) is 18.8 Å². The summed E-state index contributed by atoms with van der Waals surface area (Å²) in [6.07, 6.45) is 1.84. The number of ether oxygens (including phenoxy) is 1. The van der Waals surface area contributed by atoms with Gasteiger partial charge in [-0.25, -0.2) is 9.59 Å². The minimum absolute atomic E-state index is 0.306. The lowest BCUT2D eigenvalue weighted by atomic mass is 9.93. The van der Waals surface area contributed by atoms with Gasteiger partial charge in [0.25, 0.3) is 0 Å². The normalized spacial score (nSPS) is 20.4. The molecule has 0 radical (unpaired) electrons. The Bertz CT molecular complexity index is 287. The molecule has 6 heteroatoms. The van der Waals surface area contributed by atoms with Crippen molar-refractivity contribution in [1.82, 2.24) is 10.6 Å². The predicted molar refractivity (Wildman–Crippen MR) is 61.8 cm³/mol. The molecule has 1 heterocycles. The first-order valence-corrected chi connectivity index (χ1v) is 5.86. The van der Waals surface area contributed by atoms with E-state index in [2.05, 4.69) is 10.6 Å². The summed E-state index contributed by atoms with van der Waals surface area (Å²) >= 11 is 0. The van der Waals surface area contributed by atoms with E-state index in [-0.39, 0.29) is 5.54 Å². The lowest BCUT2D eigenvalue weighted by Gasteiger charge is -2.34. The number of carboxylic acid groups (broad SMARTS) is 1. The summed E-state index contributed by atoms with van der Waals surface area (Å²) in [5.41, 5.74) is -0.306. The van der Waals surface area contributed by atoms with Crippen molar-refractivity contribution in [3.8, 4) is 0 Å². The molecule has 0 aromatic heterocycles. The van der Waals surface area contributed by atoms with Gasteiger partial charge in [-0.15, -0.1) is 0 Å². The lowest BCUT2D eigenvalue weighted by Crippen LogP contribution is -2.55. The molecule has 0 spiro atoms. The third-order valence-corrected chi connectivity index (χ3v) is 3.02. The minimum Gasteiger partial charge on any atom is -0.480 e. The molecule has 6 nitrogen and oxygen atoms in total. The van der Waals surface area contributed by atoms with E-state index in [0.717, 1.165) is 12.8 Å². The third kappa shape index (κ3) is 4.22. The van der Waals surface area contributed by atoms with Gasteiger partial charge in [-0.2, -0.15) is 0 Å². The Morgan fingerprint density at radius 2 is 2.00 bits per heavy atom. The fourth-order valence-corrected chi connectivity index (χ4v) is 1.75. The van der Waals surface area contributed by atoms with Crippen molar-refractivity contribution in [2.45, 2.75) is 44.7 Å². The molecule has 0 aromatic rings. The Balaban J connectivity index is 2.45. The van der Waals surface area contributed by atoms with Crippen LogP contribution < -0.4 is 10.6 Å². The standard InChI is InChI=1S/C11H20N2O4/c1-3-8(9(14)15)12-10(16)13-11(2)4-6-17-7-5-11/h8H,3-7H2,1-2H3,(H,14,15)(H2,12,13,16)/t8-/m1/s1. The molecule has 0 bridgehead atoms. The number of rotatable bonds is 4. The van der Waals surface area contributed by atoms with E-state index in [1.54, 1.807) is 6.92 Å². The number of carboxylic acids is 1. The molecular formula is C11H20N2O4. The van der Waals surface area contributed by atoms with Crippen molar-refractivity contribution in [3.63, 3.8) is 0 Å². The van der Waals surface area contributed by atoms with E-state index in [1.807, 2.05) is 6.92 Å². The molecule has 1 fully saturated rings. The molecule has 3 N–H and O–H groups in total. The smallest absolute Gasteiger partial charge is 0.326 e. The summed E-state index contributed by atoms with van der Waals surface area (Å²) < 4.78 is 5.22. The molecule has 1 saturated heterocycles. The van der Waals surface area contributed by atoms with E-state index in [4.69, 9.17) is 9.84 Å². The average Bonchev–Trinajstić information content (AvgIpc) is 2.25. The lowest BCUT2D eigenvalue weighted by molar-refractivity contribution is -0.139. The molecule has 1 aliphatic rings. The van der Waals surface area contributed by atoms with E-state index in [0.29, 0.717) is 19.6 Å². The van der Waals surface area contributed by atoms with Crippen molar-refractivity contribution in [2.24, 2.45) is 0 Å². The van der Waals surface area contributed by atoms with Gasteiger partial charge in [0.05, 0.1) is 0 Å². The summed E-state index contributed by atoms with van der Waals surface area (Å²) in [5, 5.41) is 14.1. The van der Waals surface area contributed by atoms with Crippen LogP contribution in [-0.2, 0) is 9.53 Å². The van der Waals surface area contributed by atoms with Gasteiger partial charge >= 0.3 is 12.0 Å². The Hall–Kier alpha value is -1.30. The van der Waals surface area contributed by atoms with Gasteiger partial charge in [-0.1, -0.05) is 6.92 Å². The molecule has 98 valence electrons. The maximum Gasteiger partial charge on any atom is 0.326 e. The highest BCUT2D eigenvalue weighted by molar-refractivity contribution is 5.82. The Morgan fingerprint density at radius 1 is 1.41 bits per heavy atom. The maximum atomic E-state index is 11.7. The van der Waals surface area contributed by atoms with Crippen molar-refractivity contribution in [3.05, 3.63) is 0 Å². The number of amides is 2. The van der Waals surface area contributed by atoms with Crippen LogP contribution in [0.15, 0.2) is 0 Å². The average molecular weight is 244 g/mol. The predicted octanol–water partition coefficient (Wildman–Crippen LogP) is 0.718. The second kappa shape index (κ2) is 5.86. The number of nitrogens with one attached hydrogen (secondary N) is 2. The highest BCUT2D eigenvalue weighted by atomic mass is 16.5. The second-order valence-electron chi connectivity index (χ2n) is 4.57. The van der Waals surface area contributed by atoms with Gasteiger partial charge in [0.15, 0.2) is 0 Å². The monoisotopic (exact) mass is 244 g/mol. The van der Waals surface area contributed by atoms with Crippen LogP contribution in [0.4, 0.5) is 4.79 Å². The molecule has 0 aliphatic carbocycles. The molecule has 17 heavy (non-hydrogen) atoms. The number of urea groups is 1. The van der Waals surface area contributed by atoms with Crippen LogP contribution in [0, 0.1) is 0 Å². The van der Waals surface area contributed by atoms with Crippen molar-refractivity contribution in [1.29, 1.82) is 0 Å². The highest BCUT2D eigenvalue weighted by Gasteiger charge is 2.30. The zero-order valence-electron chi connectivity index (χ0n) is 10.3. The summed E-state index contributed by atoms with van der Waals surface area (Å²) in [6.45, 7) is 4.89. The minimum atomic E-state index is -1.01. The molecule has 0 aromatic carbocycles. The Labute approximate surface area is 101 Å². The first-order chi connectivity index (χ1) is 7.97. The quantitative estimate of drug-likeness (QED) is 0.680. The van der Waals surface area contributed by atoms with Gasteiger partial charge < -0.3 is 20.5 Å². The fourth-order valence-electron chi connectivity index (χ4n) is 1.75.